The number of hydrogen-bond donors (Lipinski definition) is 1. The van der Waals surface area contributed by atoms with Crippen LogP contribution in [0.2, 0.25) is 0 Å². The smallest absolute Gasteiger partial charge is 0.0283 e. The number of allylic oxidation sites excluding steroid dienone is 2. The SMILES string of the molecule is C/C(N)=C(/C)N(C)C. The van der Waals surface area contributed by atoms with E-state index in [-0.39, 0.29) is 0 Å². The molecule has 0 amide bonds. The van der Waals surface area contributed by atoms with E-state index in [0.717, 1.165) is 11.4 Å². The van der Waals surface area contributed by atoms with E-state index in [1.165, 1.54) is 0 Å². The minimum Gasteiger partial charge on any atom is -0.401 e. The lowest BCUT2D eigenvalue weighted by molar-refractivity contribution is 0.506. The summed E-state index contributed by atoms with van der Waals surface area (Å²) >= 11 is 0. The maximum absolute atomic E-state index is 5.47. The van der Waals surface area contributed by atoms with Crippen molar-refractivity contribution in [3.05, 3.63) is 11.4 Å². The van der Waals surface area contributed by atoms with Crippen molar-refractivity contribution in [1.82, 2.24) is 4.90 Å². The highest BCUT2D eigenvalue weighted by molar-refractivity contribution is 5.02. The molecule has 0 aromatic heterocycles. The molecular formula is C6H14N2. The van der Waals surface area contributed by atoms with Crippen LogP contribution in [0.1, 0.15) is 13.8 Å². The van der Waals surface area contributed by atoms with Gasteiger partial charge in [0, 0.05) is 25.5 Å². The second kappa shape index (κ2) is 2.60. The molecule has 0 fully saturated rings. The summed E-state index contributed by atoms with van der Waals surface area (Å²) in [4.78, 5) is 2.00. The molecule has 0 saturated heterocycles. The maximum Gasteiger partial charge on any atom is 0.0283 e. The fourth-order valence-electron chi connectivity index (χ4n) is 0.353. The van der Waals surface area contributed by atoms with Gasteiger partial charge >= 0.3 is 0 Å². The van der Waals surface area contributed by atoms with Crippen LogP contribution in [0, 0.1) is 0 Å². The van der Waals surface area contributed by atoms with Crippen molar-refractivity contribution in [3.63, 3.8) is 0 Å². The van der Waals surface area contributed by atoms with Crippen LogP contribution in [0.25, 0.3) is 0 Å². The first-order valence-corrected chi connectivity index (χ1v) is 2.66. The molecule has 0 atom stereocenters. The monoisotopic (exact) mass is 114 g/mol. The number of hydrogen-bond acceptors (Lipinski definition) is 2. The Morgan fingerprint density at radius 1 is 1.25 bits per heavy atom. The Hall–Kier alpha value is -0.660. The predicted molar refractivity (Wildman–Crippen MR) is 36.2 cm³/mol. The molecule has 0 saturated carbocycles. The van der Waals surface area contributed by atoms with Gasteiger partial charge in [-0.2, -0.15) is 0 Å². The third-order valence-corrected chi connectivity index (χ3v) is 1.24. The molecule has 0 rings (SSSR count). The normalized spacial score (nSPS) is 13.0. The summed E-state index contributed by atoms with van der Waals surface area (Å²) in [5, 5.41) is 0. The summed E-state index contributed by atoms with van der Waals surface area (Å²) < 4.78 is 0. The van der Waals surface area contributed by atoms with Gasteiger partial charge in [-0.15, -0.1) is 0 Å². The fourth-order valence-corrected chi connectivity index (χ4v) is 0.353. The highest BCUT2D eigenvalue weighted by Crippen LogP contribution is 1.97. The van der Waals surface area contributed by atoms with E-state index in [0.29, 0.717) is 0 Å². The summed E-state index contributed by atoms with van der Waals surface area (Å²) in [6.45, 7) is 3.89. The quantitative estimate of drug-likeness (QED) is 0.545. The van der Waals surface area contributed by atoms with Crippen molar-refractivity contribution in [1.29, 1.82) is 0 Å². The Morgan fingerprint density at radius 3 is 1.62 bits per heavy atom. The van der Waals surface area contributed by atoms with Crippen molar-refractivity contribution in [2.45, 2.75) is 13.8 Å². The molecule has 2 N–H and O–H groups in total. The van der Waals surface area contributed by atoms with Crippen LogP contribution in [-0.2, 0) is 0 Å². The molecular weight excluding hydrogens is 100 g/mol. The summed E-state index contributed by atoms with van der Waals surface area (Å²) in [6, 6.07) is 0. The molecule has 0 aromatic rings. The van der Waals surface area contributed by atoms with Gasteiger partial charge < -0.3 is 10.6 Å². The highest BCUT2D eigenvalue weighted by atomic mass is 15.1. The third kappa shape index (κ3) is 1.87. The van der Waals surface area contributed by atoms with Crippen molar-refractivity contribution in [3.8, 4) is 0 Å². The van der Waals surface area contributed by atoms with Crippen LogP contribution in [0.4, 0.5) is 0 Å². The molecule has 0 radical (unpaired) electrons. The minimum atomic E-state index is 0.884. The van der Waals surface area contributed by atoms with E-state index >= 15 is 0 Å². The molecule has 0 aromatic carbocycles. The Balaban J connectivity index is 4.00. The molecule has 0 heterocycles. The summed E-state index contributed by atoms with van der Waals surface area (Å²) in [7, 11) is 3.96. The molecule has 2 nitrogen and oxygen atoms in total. The Kier molecular flexibility index (Phi) is 2.38. The first-order valence-electron chi connectivity index (χ1n) is 2.66. The van der Waals surface area contributed by atoms with Gasteiger partial charge in [-0.25, -0.2) is 0 Å². The minimum absolute atomic E-state index is 0.884. The fraction of sp³-hybridized carbons (Fsp3) is 0.667. The number of rotatable bonds is 1. The maximum atomic E-state index is 5.47. The van der Waals surface area contributed by atoms with Crippen molar-refractivity contribution in [2.24, 2.45) is 5.73 Å². The van der Waals surface area contributed by atoms with E-state index in [1.807, 2.05) is 32.8 Å². The van der Waals surface area contributed by atoms with Crippen LogP contribution >= 0.6 is 0 Å². The molecule has 0 aliphatic heterocycles. The zero-order valence-corrected chi connectivity index (χ0v) is 6.02. The molecule has 8 heavy (non-hydrogen) atoms. The van der Waals surface area contributed by atoms with Gasteiger partial charge in [0.1, 0.15) is 0 Å². The summed E-state index contributed by atoms with van der Waals surface area (Å²) in [5.74, 6) is 0. The van der Waals surface area contributed by atoms with Gasteiger partial charge in [-0.3, -0.25) is 0 Å². The largest absolute Gasteiger partial charge is 0.401 e. The van der Waals surface area contributed by atoms with Crippen LogP contribution < -0.4 is 5.73 Å². The van der Waals surface area contributed by atoms with E-state index in [1.54, 1.807) is 0 Å². The standard InChI is InChI=1S/C6H14N2/c1-5(7)6(2)8(3)4/h7H2,1-4H3/b6-5+. The number of nitrogens with zero attached hydrogens (tertiary/aromatic N) is 1. The van der Waals surface area contributed by atoms with Crippen LogP contribution in [0.15, 0.2) is 11.4 Å². The zero-order valence-electron chi connectivity index (χ0n) is 6.02. The molecule has 48 valence electrons. The van der Waals surface area contributed by atoms with Gasteiger partial charge in [0.15, 0.2) is 0 Å². The second-order valence-electron chi connectivity index (χ2n) is 2.16. The lowest BCUT2D eigenvalue weighted by Crippen LogP contribution is -2.12. The van der Waals surface area contributed by atoms with E-state index < -0.39 is 0 Å². The Labute approximate surface area is 51.0 Å². The molecule has 0 spiro atoms. The number of nitrogens with two attached hydrogens (primary N) is 1. The van der Waals surface area contributed by atoms with Gasteiger partial charge in [0.2, 0.25) is 0 Å². The average molecular weight is 114 g/mol. The van der Waals surface area contributed by atoms with Crippen molar-refractivity contribution < 1.29 is 0 Å². The summed E-state index contributed by atoms with van der Waals surface area (Å²) in [5.41, 5.74) is 7.49. The first kappa shape index (κ1) is 7.34. The van der Waals surface area contributed by atoms with Crippen molar-refractivity contribution >= 4 is 0 Å². The highest BCUT2D eigenvalue weighted by Gasteiger charge is 1.91. The van der Waals surface area contributed by atoms with Gasteiger partial charge in [-0.1, -0.05) is 0 Å². The lowest BCUT2D eigenvalue weighted by Gasteiger charge is -2.13. The average Bonchev–Trinajstić information content (AvgIpc) is 1.64. The zero-order chi connectivity index (χ0) is 6.73. The van der Waals surface area contributed by atoms with Gasteiger partial charge in [0.05, 0.1) is 0 Å². The third-order valence-electron chi connectivity index (χ3n) is 1.24. The molecule has 2 heteroatoms. The second-order valence-corrected chi connectivity index (χ2v) is 2.16. The van der Waals surface area contributed by atoms with E-state index in [9.17, 15) is 0 Å². The molecule has 0 unspecified atom stereocenters. The summed E-state index contributed by atoms with van der Waals surface area (Å²) in [6.07, 6.45) is 0. The van der Waals surface area contributed by atoms with Crippen LogP contribution in [-0.4, -0.2) is 19.0 Å². The lowest BCUT2D eigenvalue weighted by atomic mass is 10.4. The van der Waals surface area contributed by atoms with Gasteiger partial charge in [0.25, 0.3) is 0 Å². The van der Waals surface area contributed by atoms with Crippen LogP contribution in [0.5, 0.6) is 0 Å². The van der Waals surface area contributed by atoms with E-state index in [2.05, 4.69) is 0 Å². The van der Waals surface area contributed by atoms with Gasteiger partial charge in [-0.05, 0) is 13.8 Å². The Morgan fingerprint density at radius 2 is 1.62 bits per heavy atom. The first-order chi connectivity index (χ1) is 3.55. The Bertz CT molecular complexity index is 99.1. The molecule has 0 aliphatic rings. The van der Waals surface area contributed by atoms with Crippen molar-refractivity contribution in [2.75, 3.05) is 14.1 Å². The molecule has 0 aliphatic carbocycles. The molecule has 0 bridgehead atoms. The topological polar surface area (TPSA) is 29.3 Å². The predicted octanol–water partition coefficient (Wildman–Crippen LogP) is 0.758. The van der Waals surface area contributed by atoms with Crippen LogP contribution in [0.3, 0.4) is 0 Å². The van der Waals surface area contributed by atoms with E-state index in [4.69, 9.17) is 5.73 Å².